The number of phosphoric acid groups is 1. The number of hydrogen-bond acceptors (Lipinski definition) is 8. The van der Waals surface area contributed by atoms with Crippen molar-refractivity contribution in [3.05, 3.63) is 146 Å². The summed E-state index contributed by atoms with van der Waals surface area (Å²) >= 11 is 0. The number of allylic oxidation sites excluding steroid dienone is 24. The molecule has 0 radical (unpaired) electrons. The van der Waals surface area contributed by atoms with Gasteiger partial charge in [-0.05, 0) is 116 Å². The zero-order chi connectivity index (χ0) is 59.8. The van der Waals surface area contributed by atoms with Crippen molar-refractivity contribution in [3.63, 3.8) is 0 Å². The van der Waals surface area contributed by atoms with Crippen molar-refractivity contribution in [1.82, 2.24) is 0 Å². The zero-order valence-electron chi connectivity index (χ0n) is 52.9. The van der Waals surface area contributed by atoms with Crippen molar-refractivity contribution in [1.29, 1.82) is 0 Å². The quantitative estimate of drug-likeness (QED) is 0.0195. The van der Waals surface area contributed by atoms with Crippen LogP contribution in [0.4, 0.5) is 0 Å². The first-order valence-corrected chi connectivity index (χ1v) is 34.0. The number of nitrogens with zero attached hydrogens (tertiary/aromatic N) is 1. The van der Waals surface area contributed by atoms with Crippen molar-refractivity contribution in [3.8, 4) is 0 Å². The molecule has 10 heteroatoms. The maximum Gasteiger partial charge on any atom is 0.306 e. The van der Waals surface area contributed by atoms with Crippen LogP contribution in [-0.2, 0) is 32.7 Å². The zero-order valence-corrected chi connectivity index (χ0v) is 53.8. The molecule has 0 aromatic carbocycles. The number of esters is 2. The van der Waals surface area contributed by atoms with Gasteiger partial charge < -0.3 is 27.9 Å². The fourth-order valence-electron chi connectivity index (χ4n) is 8.43. The second kappa shape index (κ2) is 61.5. The highest BCUT2D eigenvalue weighted by atomic mass is 31.2. The van der Waals surface area contributed by atoms with E-state index < -0.39 is 32.5 Å². The molecule has 0 rings (SSSR count). The van der Waals surface area contributed by atoms with Crippen molar-refractivity contribution >= 4 is 19.8 Å². The third-order valence-electron chi connectivity index (χ3n) is 13.4. The summed E-state index contributed by atoms with van der Waals surface area (Å²) in [5.74, 6) is -0.862. The number of quaternary nitrogens is 1. The molecule has 0 fully saturated rings. The lowest BCUT2D eigenvalue weighted by atomic mass is 10.0. The Bertz CT molecular complexity index is 1890. The van der Waals surface area contributed by atoms with Crippen LogP contribution in [0.25, 0.3) is 0 Å². The van der Waals surface area contributed by atoms with Crippen LogP contribution in [0, 0.1) is 0 Å². The second-order valence-corrected chi connectivity index (χ2v) is 23.8. The van der Waals surface area contributed by atoms with Gasteiger partial charge in [-0.25, -0.2) is 0 Å². The first-order valence-electron chi connectivity index (χ1n) is 32.5. The molecule has 0 saturated carbocycles. The molecule has 466 valence electrons. The van der Waals surface area contributed by atoms with E-state index in [1.807, 2.05) is 21.1 Å². The van der Waals surface area contributed by atoms with Crippen LogP contribution < -0.4 is 4.89 Å². The molecule has 0 amide bonds. The number of rotatable bonds is 58. The van der Waals surface area contributed by atoms with Gasteiger partial charge >= 0.3 is 11.9 Å². The molecule has 0 aliphatic heterocycles. The number of unbranched alkanes of at least 4 members (excludes halogenated alkanes) is 20. The van der Waals surface area contributed by atoms with Crippen LogP contribution >= 0.6 is 7.82 Å². The fraction of sp³-hybridized carbons (Fsp3) is 0.639. The first kappa shape index (κ1) is 77.9. The summed E-state index contributed by atoms with van der Waals surface area (Å²) in [5, 5.41) is 0. The van der Waals surface area contributed by atoms with Crippen LogP contribution in [0.2, 0.25) is 0 Å². The van der Waals surface area contributed by atoms with E-state index in [2.05, 4.69) is 160 Å². The minimum absolute atomic E-state index is 0.0423. The summed E-state index contributed by atoms with van der Waals surface area (Å²) in [4.78, 5) is 38.0. The van der Waals surface area contributed by atoms with Gasteiger partial charge in [0.1, 0.15) is 19.8 Å². The lowest BCUT2D eigenvalue weighted by Gasteiger charge is -2.28. The van der Waals surface area contributed by atoms with E-state index in [0.717, 1.165) is 128 Å². The number of likely N-dealkylation sites (N-methyl/N-ethyl adjacent to an activating group) is 1. The number of carbonyl (C=O) groups is 2. The van der Waals surface area contributed by atoms with Crippen molar-refractivity contribution in [2.75, 3.05) is 47.5 Å². The topological polar surface area (TPSA) is 111 Å². The van der Waals surface area contributed by atoms with E-state index in [9.17, 15) is 19.0 Å². The van der Waals surface area contributed by atoms with E-state index in [1.165, 1.54) is 83.5 Å². The highest BCUT2D eigenvalue weighted by Crippen LogP contribution is 2.38. The third-order valence-corrected chi connectivity index (χ3v) is 14.3. The molecular formula is C72H120NO8P. The second-order valence-electron chi connectivity index (χ2n) is 22.4. The Hall–Kier alpha value is -4.11. The summed E-state index contributed by atoms with van der Waals surface area (Å²) in [6, 6.07) is 0. The molecular weight excluding hydrogens is 1040 g/mol. The van der Waals surface area contributed by atoms with Gasteiger partial charge in [0.15, 0.2) is 6.10 Å². The smallest absolute Gasteiger partial charge is 0.306 e. The third kappa shape index (κ3) is 65.0. The summed E-state index contributed by atoms with van der Waals surface area (Å²) in [6.07, 6.45) is 90.5. The standard InChI is InChI=1S/C72H120NO8P/c1-6-8-10-12-14-16-18-20-22-24-26-28-30-32-34-35-36-37-39-40-42-44-46-48-50-52-54-56-58-60-62-64-71(74)78-68-70(69-80-82(76,77)79-67-66-73(3,4)5)81-72(75)65-63-61-59-57-55-53-51-49-47-45-43-41-38-33-31-29-27-25-23-21-19-17-15-13-11-9-7-2/h8-11,14-17,20-23,26-29,32-34,38,43,45,49,51,70H,6-7,12-13,18-19,24-25,30-31,35-37,39-42,44,46-48,50,52-69H2,1-5H3/b10-8-,11-9-,16-14-,17-15-,22-20-,23-21-,28-26-,29-27-,34-32-,38-33-,45-43-,51-49-. The van der Waals surface area contributed by atoms with Crippen LogP contribution in [-0.4, -0.2) is 70.0 Å². The minimum atomic E-state index is -4.66. The summed E-state index contributed by atoms with van der Waals surface area (Å²) in [6.45, 7) is 3.98. The van der Waals surface area contributed by atoms with E-state index in [1.54, 1.807) is 0 Å². The van der Waals surface area contributed by atoms with Crippen LogP contribution in [0.3, 0.4) is 0 Å². The van der Waals surface area contributed by atoms with Crippen molar-refractivity contribution in [2.24, 2.45) is 0 Å². The molecule has 0 bridgehead atoms. The van der Waals surface area contributed by atoms with E-state index >= 15 is 0 Å². The van der Waals surface area contributed by atoms with E-state index in [4.69, 9.17) is 18.5 Å². The molecule has 0 aliphatic rings. The average Bonchev–Trinajstić information content (AvgIpc) is 3.46. The van der Waals surface area contributed by atoms with Gasteiger partial charge in [0, 0.05) is 12.8 Å². The highest BCUT2D eigenvalue weighted by Gasteiger charge is 2.22. The number of carbonyl (C=O) groups excluding carboxylic acids is 2. The maximum atomic E-state index is 12.8. The van der Waals surface area contributed by atoms with Gasteiger partial charge in [-0.15, -0.1) is 0 Å². The summed E-state index contributed by atoms with van der Waals surface area (Å²) in [5.41, 5.74) is 0. The largest absolute Gasteiger partial charge is 0.756 e. The van der Waals surface area contributed by atoms with Crippen LogP contribution in [0.5, 0.6) is 0 Å². The Kier molecular flexibility index (Phi) is 58.4. The predicted octanol–water partition coefficient (Wildman–Crippen LogP) is 20.4. The van der Waals surface area contributed by atoms with Crippen molar-refractivity contribution in [2.45, 2.75) is 251 Å². The molecule has 0 saturated heterocycles. The fourth-order valence-corrected chi connectivity index (χ4v) is 9.16. The highest BCUT2D eigenvalue weighted by molar-refractivity contribution is 7.45. The van der Waals surface area contributed by atoms with Crippen molar-refractivity contribution < 1.29 is 42.1 Å². The Morgan fingerprint density at radius 2 is 0.659 bits per heavy atom. The molecule has 0 N–H and O–H groups in total. The molecule has 0 aliphatic carbocycles. The molecule has 0 aromatic rings. The monoisotopic (exact) mass is 1160 g/mol. The van der Waals surface area contributed by atoms with E-state index in [-0.39, 0.29) is 26.1 Å². The Morgan fingerprint density at radius 3 is 0.976 bits per heavy atom. The molecule has 0 heterocycles. The minimum Gasteiger partial charge on any atom is -0.756 e. The van der Waals surface area contributed by atoms with E-state index in [0.29, 0.717) is 17.4 Å². The van der Waals surface area contributed by atoms with Crippen LogP contribution in [0.1, 0.15) is 245 Å². The molecule has 0 spiro atoms. The first-order chi connectivity index (χ1) is 40.0. The van der Waals surface area contributed by atoms with Gasteiger partial charge in [0.2, 0.25) is 0 Å². The Balaban J connectivity index is 4.16. The molecule has 2 atom stereocenters. The predicted molar refractivity (Wildman–Crippen MR) is 350 cm³/mol. The van der Waals surface area contributed by atoms with Gasteiger partial charge in [-0.1, -0.05) is 262 Å². The number of hydrogen-bond donors (Lipinski definition) is 0. The number of ether oxygens (including phenoxy) is 2. The van der Waals surface area contributed by atoms with Gasteiger partial charge in [0.05, 0.1) is 27.7 Å². The molecule has 82 heavy (non-hydrogen) atoms. The lowest BCUT2D eigenvalue weighted by Crippen LogP contribution is -2.37. The Morgan fingerprint density at radius 1 is 0.378 bits per heavy atom. The molecule has 9 nitrogen and oxygen atoms in total. The van der Waals surface area contributed by atoms with Crippen LogP contribution in [0.15, 0.2) is 146 Å². The molecule has 2 unspecified atom stereocenters. The normalized spacial score (nSPS) is 14.2. The average molecular weight is 1160 g/mol. The van der Waals surface area contributed by atoms with Gasteiger partial charge in [0.25, 0.3) is 7.82 Å². The summed E-state index contributed by atoms with van der Waals surface area (Å²) in [7, 11) is 1.13. The SMILES string of the molecule is CC/C=C\C/C=C\C/C=C\C/C=C\C/C=C\C/C=C\C/C=C\CCCCCCCC(=O)OC(COC(=O)CCCCCCCCCCCCCCCCC/C=C\C/C=C\C/C=C\C/C=C\C/C=C\CC)COP(=O)([O-])OCC[N+](C)(C)C. The number of phosphoric ester groups is 1. The summed E-state index contributed by atoms with van der Waals surface area (Å²) < 4.78 is 34.2. The maximum absolute atomic E-state index is 12.8. The van der Waals surface area contributed by atoms with Gasteiger partial charge in [-0.2, -0.15) is 0 Å². The Labute approximate surface area is 503 Å². The lowest BCUT2D eigenvalue weighted by molar-refractivity contribution is -0.870. The van der Waals surface area contributed by atoms with Gasteiger partial charge in [-0.3, -0.25) is 14.2 Å². The molecule has 0 aromatic heterocycles.